The number of thiophene rings is 1. The molecule has 0 saturated heterocycles. The Morgan fingerprint density at radius 1 is 1.31 bits per heavy atom. The molecule has 136 valence electrons. The van der Waals surface area contributed by atoms with Crippen LogP contribution in [0.1, 0.15) is 21.3 Å². The zero-order valence-electron chi connectivity index (χ0n) is 13.7. The molecule has 0 aliphatic rings. The van der Waals surface area contributed by atoms with E-state index in [1.54, 1.807) is 23.9 Å². The fourth-order valence-corrected chi connectivity index (χ4v) is 4.32. The van der Waals surface area contributed by atoms with Crippen molar-refractivity contribution < 1.29 is 4.79 Å². The van der Waals surface area contributed by atoms with Gasteiger partial charge < -0.3 is 11.1 Å². The maximum atomic E-state index is 12.7. The topological polar surface area (TPSA) is 72.9 Å². The fourth-order valence-electron chi connectivity index (χ4n) is 2.61. The van der Waals surface area contributed by atoms with Gasteiger partial charge in [-0.3, -0.25) is 9.48 Å². The van der Waals surface area contributed by atoms with Gasteiger partial charge in [0.25, 0.3) is 5.91 Å². The minimum atomic E-state index is -0.402. The van der Waals surface area contributed by atoms with Crippen molar-refractivity contribution >= 4 is 52.0 Å². The van der Waals surface area contributed by atoms with Crippen LogP contribution in [0.2, 0.25) is 14.4 Å². The average molecular weight is 430 g/mol. The second-order valence-corrected chi connectivity index (χ2v) is 8.01. The molecule has 2 heterocycles. The molecule has 0 fully saturated rings. The number of nitrogens with one attached hydrogen (secondary N) is 1. The number of benzene rings is 1. The number of nitrogens with two attached hydrogens (primary N) is 1. The molecule has 0 spiro atoms. The summed E-state index contributed by atoms with van der Waals surface area (Å²) in [7, 11) is 1.76. The molecule has 9 heteroatoms. The molecule has 3 aromatic rings. The number of hydrogen-bond acceptors (Lipinski definition) is 4. The monoisotopic (exact) mass is 428 g/mol. The Hall–Kier alpha value is -1.57. The molecule has 5 nitrogen and oxygen atoms in total. The predicted molar refractivity (Wildman–Crippen MR) is 107 cm³/mol. The van der Waals surface area contributed by atoms with Gasteiger partial charge in [-0.1, -0.05) is 53.0 Å². The van der Waals surface area contributed by atoms with Crippen molar-refractivity contribution in [1.82, 2.24) is 15.1 Å². The summed E-state index contributed by atoms with van der Waals surface area (Å²) in [4.78, 5) is 13.1. The third-order valence-corrected chi connectivity index (χ3v) is 5.86. The summed E-state index contributed by atoms with van der Waals surface area (Å²) in [6.45, 7) is 0.217. The van der Waals surface area contributed by atoms with Crippen molar-refractivity contribution in [3.05, 3.63) is 61.4 Å². The first kappa shape index (κ1) is 19.2. The maximum absolute atomic E-state index is 12.7. The first-order valence-electron chi connectivity index (χ1n) is 7.65. The minimum absolute atomic E-state index is 0.217. The number of carbonyl (C=O) groups is 1. The lowest BCUT2D eigenvalue weighted by molar-refractivity contribution is 0.0942. The van der Waals surface area contributed by atoms with Gasteiger partial charge in [0.2, 0.25) is 0 Å². The molecule has 2 aromatic heterocycles. The number of rotatable bonds is 5. The second kappa shape index (κ2) is 7.98. The van der Waals surface area contributed by atoms with Gasteiger partial charge >= 0.3 is 0 Å². The lowest BCUT2D eigenvalue weighted by Gasteiger charge is -2.18. The van der Waals surface area contributed by atoms with Gasteiger partial charge in [0, 0.05) is 24.2 Å². The van der Waals surface area contributed by atoms with Crippen molar-refractivity contribution in [2.45, 2.75) is 6.04 Å². The standard InChI is InChI=1S/C17H15Cl3N4OS/c1-24-15(12(19)8-22-24)10-6-14(26-16(10)20)17(25)23-13(7-21)9-4-2-3-5-11(9)18/h2-6,8,13H,7,21H2,1H3,(H,23,25). The predicted octanol–water partition coefficient (Wildman–Crippen LogP) is 4.54. The van der Waals surface area contributed by atoms with Crippen LogP contribution in [0.4, 0.5) is 0 Å². The first-order valence-corrected chi connectivity index (χ1v) is 9.60. The van der Waals surface area contributed by atoms with Gasteiger partial charge in [0.15, 0.2) is 0 Å². The van der Waals surface area contributed by atoms with Crippen LogP contribution >= 0.6 is 46.1 Å². The van der Waals surface area contributed by atoms with E-state index in [0.29, 0.717) is 30.5 Å². The molecule has 1 amide bonds. The first-order chi connectivity index (χ1) is 12.4. The summed E-state index contributed by atoms with van der Waals surface area (Å²) in [5.74, 6) is -0.281. The maximum Gasteiger partial charge on any atom is 0.261 e. The molecule has 1 unspecified atom stereocenters. The zero-order chi connectivity index (χ0) is 18.8. The third kappa shape index (κ3) is 3.75. The molecule has 0 radical (unpaired) electrons. The third-order valence-electron chi connectivity index (χ3n) is 3.88. The van der Waals surface area contributed by atoms with Crippen LogP contribution in [0.5, 0.6) is 0 Å². The van der Waals surface area contributed by atoms with E-state index in [4.69, 9.17) is 40.5 Å². The highest BCUT2D eigenvalue weighted by Gasteiger charge is 2.22. The molecule has 0 saturated carbocycles. The van der Waals surface area contributed by atoms with E-state index in [0.717, 1.165) is 5.56 Å². The molecule has 3 rings (SSSR count). The molecule has 0 aliphatic carbocycles. The van der Waals surface area contributed by atoms with Gasteiger partial charge in [-0.05, 0) is 17.7 Å². The van der Waals surface area contributed by atoms with Gasteiger partial charge in [0.1, 0.15) is 4.34 Å². The lowest BCUT2D eigenvalue weighted by Crippen LogP contribution is -2.33. The normalized spacial score (nSPS) is 12.2. The highest BCUT2D eigenvalue weighted by molar-refractivity contribution is 7.18. The summed E-state index contributed by atoms with van der Waals surface area (Å²) < 4.78 is 2.08. The summed E-state index contributed by atoms with van der Waals surface area (Å²) in [5, 5.41) is 8.02. The van der Waals surface area contributed by atoms with Crippen molar-refractivity contribution in [2.75, 3.05) is 6.54 Å². The molecular formula is C17H15Cl3N4OS. The lowest BCUT2D eigenvalue weighted by atomic mass is 10.1. The van der Waals surface area contributed by atoms with Gasteiger partial charge in [-0.2, -0.15) is 5.10 Å². The molecule has 1 atom stereocenters. The summed E-state index contributed by atoms with van der Waals surface area (Å²) in [5.41, 5.74) is 7.91. The Morgan fingerprint density at radius 3 is 2.65 bits per heavy atom. The number of hydrogen-bond donors (Lipinski definition) is 2. The minimum Gasteiger partial charge on any atom is -0.343 e. The largest absolute Gasteiger partial charge is 0.343 e. The van der Waals surface area contributed by atoms with Crippen LogP contribution in [0, 0.1) is 0 Å². The number of aromatic nitrogens is 2. The number of carbonyl (C=O) groups excluding carboxylic acids is 1. The smallest absolute Gasteiger partial charge is 0.261 e. The van der Waals surface area contributed by atoms with E-state index in [-0.39, 0.29) is 12.5 Å². The van der Waals surface area contributed by atoms with Crippen LogP contribution in [0.15, 0.2) is 36.5 Å². The van der Waals surface area contributed by atoms with Gasteiger partial charge in [0.05, 0.1) is 27.8 Å². The number of nitrogens with zero attached hydrogens (tertiary/aromatic N) is 2. The van der Waals surface area contributed by atoms with Gasteiger partial charge in [-0.15, -0.1) is 11.3 Å². The number of halogens is 3. The Balaban J connectivity index is 1.87. The van der Waals surface area contributed by atoms with Crippen molar-refractivity contribution in [3.8, 4) is 11.3 Å². The van der Waals surface area contributed by atoms with Crippen molar-refractivity contribution in [1.29, 1.82) is 0 Å². The summed E-state index contributed by atoms with van der Waals surface area (Å²) in [6, 6.07) is 8.56. The SMILES string of the molecule is Cn1ncc(Cl)c1-c1cc(C(=O)NC(CN)c2ccccc2Cl)sc1Cl. The Morgan fingerprint density at radius 2 is 2.04 bits per heavy atom. The molecular weight excluding hydrogens is 415 g/mol. The number of aryl methyl sites for hydroxylation is 1. The van der Waals surface area contributed by atoms with E-state index in [9.17, 15) is 4.79 Å². The van der Waals surface area contributed by atoms with Crippen molar-refractivity contribution in [3.63, 3.8) is 0 Å². The van der Waals surface area contributed by atoms with Crippen LogP contribution in [0.3, 0.4) is 0 Å². The summed E-state index contributed by atoms with van der Waals surface area (Å²) in [6.07, 6.45) is 1.53. The van der Waals surface area contributed by atoms with E-state index in [1.165, 1.54) is 17.5 Å². The van der Waals surface area contributed by atoms with Crippen LogP contribution in [0.25, 0.3) is 11.3 Å². The van der Waals surface area contributed by atoms with E-state index < -0.39 is 6.04 Å². The Labute approximate surface area is 169 Å². The van der Waals surface area contributed by atoms with E-state index in [2.05, 4.69) is 10.4 Å². The zero-order valence-corrected chi connectivity index (χ0v) is 16.8. The summed E-state index contributed by atoms with van der Waals surface area (Å²) >= 11 is 19.9. The molecule has 3 N–H and O–H groups in total. The Kier molecular flexibility index (Phi) is 5.89. The molecule has 26 heavy (non-hydrogen) atoms. The molecule has 1 aromatic carbocycles. The quantitative estimate of drug-likeness (QED) is 0.625. The van der Waals surface area contributed by atoms with Crippen LogP contribution < -0.4 is 11.1 Å². The average Bonchev–Trinajstić information content (AvgIpc) is 3.15. The fraction of sp³-hybridized carbons (Fsp3) is 0.176. The number of amides is 1. The van der Waals surface area contributed by atoms with Gasteiger partial charge in [-0.25, -0.2) is 0 Å². The molecule has 0 aliphatic heterocycles. The van der Waals surface area contributed by atoms with E-state index in [1.807, 2.05) is 18.2 Å². The highest BCUT2D eigenvalue weighted by atomic mass is 35.5. The second-order valence-electron chi connectivity index (χ2n) is 5.55. The van der Waals surface area contributed by atoms with Crippen LogP contribution in [-0.2, 0) is 7.05 Å². The Bertz CT molecular complexity index is 934. The van der Waals surface area contributed by atoms with Crippen molar-refractivity contribution in [2.24, 2.45) is 12.8 Å². The molecule has 0 bridgehead atoms. The highest BCUT2D eigenvalue weighted by Crippen LogP contribution is 2.38. The van der Waals surface area contributed by atoms with Crippen LogP contribution in [-0.4, -0.2) is 22.2 Å². The van der Waals surface area contributed by atoms with E-state index >= 15 is 0 Å².